The maximum atomic E-state index is 13.5. The number of anilines is 1. The third-order valence-corrected chi connectivity index (χ3v) is 6.84. The zero-order chi connectivity index (χ0) is 23.0. The van der Waals surface area contributed by atoms with E-state index in [0.29, 0.717) is 11.4 Å². The number of hydrogen-bond donors (Lipinski definition) is 1. The highest BCUT2D eigenvalue weighted by Gasteiger charge is 2.29. The van der Waals surface area contributed by atoms with Crippen LogP contribution in [-0.2, 0) is 10.0 Å². The van der Waals surface area contributed by atoms with Crippen molar-refractivity contribution in [1.29, 1.82) is 0 Å². The van der Waals surface area contributed by atoms with Gasteiger partial charge in [0, 0.05) is 11.4 Å². The molecule has 10 heteroatoms. The molecule has 4 aromatic rings. The van der Waals surface area contributed by atoms with Gasteiger partial charge in [-0.15, -0.1) is 5.10 Å². The van der Waals surface area contributed by atoms with Crippen LogP contribution in [0, 0.1) is 5.82 Å². The minimum Gasteiger partial charge on any atom is -0.246 e. The molecule has 3 aromatic carbocycles. The van der Waals surface area contributed by atoms with Gasteiger partial charge in [-0.25, -0.2) is 27.2 Å². The Morgan fingerprint density at radius 1 is 0.970 bits per heavy atom. The van der Waals surface area contributed by atoms with Crippen LogP contribution in [0.25, 0.3) is 0 Å². The van der Waals surface area contributed by atoms with E-state index < -0.39 is 10.0 Å². The van der Waals surface area contributed by atoms with Crippen molar-refractivity contribution in [2.75, 3.05) is 4.72 Å². The van der Waals surface area contributed by atoms with Gasteiger partial charge in [0.2, 0.25) is 0 Å². The molecular formula is C23H17ClFN5O2S. The van der Waals surface area contributed by atoms with Crippen molar-refractivity contribution in [2.45, 2.75) is 17.4 Å². The Labute approximate surface area is 194 Å². The van der Waals surface area contributed by atoms with Gasteiger partial charge in [0.15, 0.2) is 0 Å². The molecule has 0 spiro atoms. The van der Waals surface area contributed by atoms with Gasteiger partial charge in [0.05, 0.1) is 16.6 Å². The van der Waals surface area contributed by atoms with E-state index in [0.717, 1.165) is 16.8 Å². The Hall–Kier alpha value is -3.56. The van der Waals surface area contributed by atoms with Gasteiger partial charge in [-0.2, -0.15) is 4.98 Å². The van der Waals surface area contributed by atoms with Crippen molar-refractivity contribution in [3.8, 4) is 0 Å². The molecule has 1 aliphatic rings. The lowest BCUT2D eigenvalue weighted by Gasteiger charge is -2.23. The Morgan fingerprint density at radius 3 is 2.36 bits per heavy atom. The zero-order valence-electron chi connectivity index (χ0n) is 17.1. The van der Waals surface area contributed by atoms with Crippen LogP contribution in [0.1, 0.15) is 23.6 Å². The number of nitrogens with one attached hydrogen (secondary N) is 1. The Balaban J connectivity index is 1.55. The molecule has 1 aromatic heterocycles. The van der Waals surface area contributed by atoms with E-state index in [2.05, 4.69) is 19.8 Å². The van der Waals surface area contributed by atoms with Gasteiger partial charge in [-0.3, -0.25) is 0 Å². The van der Waals surface area contributed by atoms with Gasteiger partial charge in [-0.1, -0.05) is 54.1 Å². The summed E-state index contributed by atoms with van der Waals surface area (Å²) in [7, 11) is -3.93. The summed E-state index contributed by atoms with van der Waals surface area (Å²) >= 11 is 5.86. The summed E-state index contributed by atoms with van der Waals surface area (Å²) in [6.07, 6.45) is 0.482. The van der Waals surface area contributed by atoms with Crippen LogP contribution in [0.3, 0.4) is 0 Å². The Bertz CT molecular complexity index is 1440. The van der Waals surface area contributed by atoms with Crippen molar-refractivity contribution in [3.63, 3.8) is 0 Å². The fourth-order valence-electron chi connectivity index (χ4n) is 3.63. The Morgan fingerprint density at radius 2 is 1.67 bits per heavy atom. The van der Waals surface area contributed by atoms with Gasteiger partial charge in [0.25, 0.3) is 21.9 Å². The molecule has 0 saturated carbocycles. The fraction of sp³-hybridized carbons (Fsp3) is 0.0870. The standard InChI is InChI=1S/C23H17ClFN5O2S/c24-17-8-12-19(13-9-17)33(31,32)29-22-27-23-26-20(15-4-2-1-3-5-15)14-21(30(23)28-22)16-6-10-18(25)11-7-16/h1-13,21H,14H2,(H,28,29). The summed E-state index contributed by atoms with van der Waals surface area (Å²) in [5.41, 5.74) is 2.50. The number of sulfonamides is 1. The van der Waals surface area contributed by atoms with Crippen molar-refractivity contribution in [3.05, 3.63) is 101 Å². The smallest absolute Gasteiger partial charge is 0.246 e. The number of hydrogen-bond acceptors (Lipinski definition) is 5. The zero-order valence-corrected chi connectivity index (χ0v) is 18.6. The second-order valence-electron chi connectivity index (χ2n) is 7.44. The third kappa shape index (κ3) is 4.37. The van der Waals surface area contributed by atoms with Crippen LogP contribution in [0.4, 0.5) is 16.3 Å². The molecule has 33 heavy (non-hydrogen) atoms. The van der Waals surface area contributed by atoms with Crippen molar-refractivity contribution < 1.29 is 12.8 Å². The lowest BCUT2D eigenvalue weighted by molar-refractivity contribution is 0.530. The molecule has 0 fully saturated rings. The van der Waals surface area contributed by atoms with Gasteiger partial charge in [0.1, 0.15) is 5.82 Å². The van der Waals surface area contributed by atoms with E-state index in [1.807, 2.05) is 30.3 Å². The SMILES string of the molecule is O=S(=O)(Nc1nc2n(n1)C(c1ccc(F)cc1)CC(c1ccccc1)=N2)c1ccc(Cl)cc1. The second-order valence-corrected chi connectivity index (χ2v) is 9.55. The first-order chi connectivity index (χ1) is 15.9. The molecule has 1 aliphatic heterocycles. The predicted octanol–water partition coefficient (Wildman–Crippen LogP) is 4.99. The van der Waals surface area contributed by atoms with E-state index >= 15 is 0 Å². The normalized spacial score (nSPS) is 15.6. The molecule has 5 rings (SSSR count). The van der Waals surface area contributed by atoms with Crippen molar-refractivity contribution in [2.24, 2.45) is 4.99 Å². The highest BCUT2D eigenvalue weighted by molar-refractivity contribution is 7.92. The van der Waals surface area contributed by atoms with Crippen LogP contribution >= 0.6 is 11.6 Å². The van der Waals surface area contributed by atoms with Crippen molar-refractivity contribution >= 4 is 39.2 Å². The molecule has 0 bridgehead atoms. The number of halogens is 2. The molecule has 166 valence electrons. The summed E-state index contributed by atoms with van der Waals surface area (Å²) in [6.45, 7) is 0. The molecule has 0 saturated heterocycles. The summed E-state index contributed by atoms with van der Waals surface area (Å²) in [5.74, 6) is -0.199. The van der Waals surface area contributed by atoms with Gasteiger partial charge >= 0.3 is 0 Å². The number of nitrogens with zero attached hydrogens (tertiary/aromatic N) is 4. The molecule has 7 nitrogen and oxygen atoms in total. The molecular weight excluding hydrogens is 465 g/mol. The van der Waals surface area contributed by atoms with E-state index in [-0.39, 0.29) is 28.7 Å². The lowest BCUT2D eigenvalue weighted by Crippen LogP contribution is -2.21. The molecule has 1 atom stereocenters. The van der Waals surface area contributed by atoms with Crippen LogP contribution in [0.15, 0.2) is 88.8 Å². The van der Waals surface area contributed by atoms with E-state index in [9.17, 15) is 12.8 Å². The number of aliphatic imine (C=N–C) groups is 1. The van der Waals surface area contributed by atoms with Crippen LogP contribution in [0.2, 0.25) is 5.02 Å². The summed E-state index contributed by atoms with van der Waals surface area (Å²) in [6, 6.07) is 21.2. The molecule has 2 heterocycles. The van der Waals surface area contributed by atoms with Crippen molar-refractivity contribution in [1.82, 2.24) is 14.8 Å². The minimum atomic E-state index is -3.93. The molecule has 1 unspecified atom stereocenters. The molecule has 0 amide bonds. The summed E-state index contributed by atoms with van der Waals surface area (Å²) in [5, 5.41) is 4.80. The monoisotopic (exact) mass is 481 g/mol. The number of fused-ring (bicyclic) bond motifs is 1. The molecule has 0 aliphatic carbocycles. The lowest BCUT2D eigenvalue weighted by atomic mass is 9.96. The first-order valence-corrected chi connectivity index (χ1v) is 11.9. The van der Waals surface area contributed by atoms with Gasteiger partial charge < -0.3 is 0 Å². The topological polar surface area (TPSA) is 89.2 Å². The van der Waals surface area contributed by atoms with Crippen LogP contribution in [-0.4, -0.2) is 28.9 Å². The molecule has 0 radical (unpaired) electrons. The highest BCUT2D eigenvalue weighted by atomic mass is 35.5. The second kappa shape index (κ2) is 8.42. The first-order valence-electron chi connectivity index (χ1n) is 10.0. The highest BCUT2D eigenvalue weighted by Crippen LogP contribution is 2.34. The quantitative estimate of drug-likeness (QED) is 0.435. The summed E-state index contributed by atoms with van der Waals surface area (Å²) < 4.78 is 43.0. The first kappa shape index (κ1) is 21.3. The number of benzene rings is 3. The number of aromatic nitrogens is 3. The van der Waals surface area contributed by atoms with E-state index in [4.69, 9.17) is 11.6 Å². The minimum absolute atomic E-state index is 0.0308. The fourth-order valence-corrected chi connectivity index (χ4v) is 4.69. The Kier molecular flexibility index (Phi) is 5.43. The predicted molar refractivity (Wildman–Crippen MR) is 124 cm³/mol. The number of rotatable bonds is 5. The maximum Gasteiger partial charge on any atom is 0.264 e. The average Bonchev–Trinajstić information content (AvgIpc) is 3.21. The summed E-state index contributed by atoms with van der Waals surface area (Å²) in [4.78, 5) is 8.98. The van der Waals surface area contributed by atoms with Gasteiger partial charge in [-0.05, 0) is 47.5 Å². The van der Waals surface area contributed by atoms with Crippen LogP contribution < -0.4 is 4.72 Å². The van der Waals surface area contributed by atoms with Crippen LogP contribution in [0.5, 0.6) is 0 Å². The van der Waals surface area contributed by atoms with E-state index in [1.54, 1.807) is 16.8 Å². The molecule has 1 N–H and O–H groups in total. The average molecular weight is 482 g/mol. The third-order valence-electron chi connectivity index (χ3n) is 5.24. The van der Waals surface area contributed by atoms with E-state index in [1.165, 1.54) is 36.4 Å². The largest absolute Gasteiger partial charge is 0.264 e. The maximum absolute atomic E-state index is 13.5.